The molecule has 1 saturated heterocycles. The summed E-state index contributed by atoms with van der Waals surface area (Å²) in [6, 6.07) is 1.77. The molecule has 2 aromatic rings. The molecule has 27 heavy (non-hydrogen) atoms. The van der Waals surface area contributed by atoms with Crippen molar-refractivity contribution in [1.82, 2.24) is 29.8 Å². The van der Waals surface area contributed by atoms with E-state index in [1.54, 1.807) is 12.3 Å². The Kier molecular flexibility index (Phi) is 7.05. The van der Waals surface area contributed by atoms with Gasteiger partial charge in [0.1, 0.15) is 12.1 Å². The molecule has 146 valence electrons. The second-order valence-corrected chi connectivity index (χ2v) is 6.06. The summed E-state index contributed by atoms with van der Waals surface area (Å²) in [5, 5.41) is 6.44. The molecular formula is C17H27N9O. The molecule has 0 aromatic carbocycles. The number of ether oxygens (including phenoxy) is 1. The first-order valence-electron chi connectivity index (χ1n) is 9.36. The van der Waals surface area contributed by atoms with Gasteiger partial charge in [-0.25, -0.2) is 9.97 Å². The third-order valence-electron chi connectivity index (χ3n) is 4.31. The molecule has 2 N–H and O–H groups in total. The van der Waals surface area contributed by atoms with Crippen LogP contribution in [0, 0.1) is 0 Å². The Labute approximate surface area is 159 Å². The summed E-state index contributed by atoms with van der Waals surface area (Å²) in [5.74, 6) is 2.29. The molecule has 10 nitrogen and oxygen atoms in total. The van der Waals surface area contributed by atoms with Gasteiger partial charge in [-0.3, -0.25) is 4.90 Å². The maximum absolute atomic E-state index is 5.38. The Hall–Kier alpha value is -2.59. The van der Waals surface area contributed by atoms with Crippen LogP contribution < -0.4 is 15.5 Å². The monoisotopic (exact) mass is 373 g/mol. The van der Waals surface area contributed by atoms with Crippen LogP contribution in [0.2, 0.25) is 0 Å². The number of nitrogens with one attached hydrogen (secondary N) is 2. The van der Waals surface area contributed by atoms with E-state index in [1.807, 2.05) is 0 Å². The Balaban J connectivity index is 1.70. The van der Waals surface area contributed by atoms with Crippen LogP contribution in [0.3, 0.4) is 0 Å². The summed E-state index contributed by atoms with van der Waals surface area (Å²) in [6.07, 6.45) is 3.15. The summed E-state index contributed by atoms with van der Waals surface area (Å²) in [5.41, 5.74) is 0. The molecule has 1 fully saturated rings. The minimum absolute atomic E-state index is 0.458. The maximum atomic E-state index is 5.38. The van der Waals surface area contributed by atoms with Crippen LogP contribution in [0.5, 0.6) is 0 Å². The lowest BCUT2D eigenvalue weighted by Crippen LogP contribution is -2.39. The highest BCUT2D eigenvalue weighted by atomic mass is 16.5. The average molecular weight is 373 g/mol. The van der Waals surface area contributed by atoms with Crippen molar-refractivity contribution >= 4 is 23.7 Å². The van der Waals surface area contributed by atoms with E-state index in [9.17, 15) is 0 Å². The van der Waals surface area contributed by atoms with Gasteiger partial charge >= 0.3 is 0 Å². The number of hydrogen-bond donors (Lipinski definition) is 2. The molecular weight excluding hydrogens is 346 g/mol. The molecule has 3 heterocycles. The molecule has 1 aliphatic rings. The van der Waals surface area contributed by atoms with Gasteiger partial charge in [-0.1, -0.05) is 0 Å². The largest absolute Gasteiger partial charge is 0.379 e. The van der Waals surface area contributed by atoms with E-state index in [1.165, 1.54) is 6.33 Å². The highest BCUT2D eigenvalue weighted by Gasteiger charge is 2.13. The van der Waals surface area contributed by atoms with Crippen molar-refractivity contribution in [2.24, 2.45) is 0 Å². The van der Waals surface area contributed by atoms with Gasteiger partial charge in [0, 0.05) is 45.5 Å². The van der Waals surface area contributed by atoms with Gasteiger partial charge in [0.15, 0.2) is 0 Å². The first-order valence-corrected chi connectivity index (χ1v) is 9.36. The minimum atomic E-state index is 0.458. The fourth-order valence-electron chi connectivity index (χ4n) is 2.78. The van der Waals surface area contributed by atoms with Gasteiger partial charge in [0.05, 0.1) is 13.2 Å². The number of aromatic nitrogens is 5. The number of rotatable bonds is 9. The van der Waals surface area contributed by atoms with Crippen molar-refractivity contribution < 1.29 is 4.74 Å². The average Bonchev–Trinajstić information content (AvgIpc) is 2.70. The number of nitrogens with zero attached hydrogens (tertiary/aromatic N) is 7. The number of anilines is 4. The Bertz CT molecular complexity index is 690. The third kappa shape index (κ3) is 5.69. The predicted octanol–water partition coefficient (Wildman–Crippen LogP) is 0.995. The molecule has 0 aliphatic carbocycles. The van der Waals surface area contributed by atoms with Crippen LogP contribution in [0.4, 0.5) is 23.7 Å². The SMILES string of the molecule is CCN(CC)c1nc(NCCN2CCOCC2)nc(Nc2ccncn2)n1. The van der Waals surface area contributed by atoms with Crippen LogP contribution in [0.15, 0.2) is 18.6 Å². The van der Waals surface area contributed by atoms with Crippen molar-refractivity contribution in [3.05, 3.63) is 18.6 Å². The maximum Gasteiger partial charge on any atom is 0.235 e. The van der Waals surface area contributed by atoms with Crippen molar-refractivity contribution in [3.8, 4) is 0 Å². The van der Waals surface area contributed by atoms with Gasteiger partial charge in [-0.05, 0) is 19.9 Å². The van der Waals surface area contributed by atoms with Gasteiger partial charge in [0.2, 0.25) is 17.8 Å². The first-order chi connectivity index (χ1) is 13.3. The van der Waals surface area contributed by atoms with E-state index in [0.717, 1.165) is 52.5 Å². The summed E-state index contributed by atoms with van der Waals surface area (Å²) in [6.45, 7) is 11.0. The molecule has 0 unspecified atom stereocenters. The van der Waals surface area contributed by atoms with Crippen molar-refractivity contribution in [2.75, 3.05) is 68.0 Å². The van der Waals surface area contributed by atoms with E-state index in [4.69, 9.17) is 4.74 Å². The molecule has 0 bridgehead atoms. The zero-order valence-corrected chi connectivity index (χ0v) is 15.9. The van der Waals surface area contributed by atoms with E-state index >= 15 is 0 Å². The molecule has 1 aliphatic heterocycles. The van der Waals surface area contributed by atoms with Crippen LogP contribution in [0.25, 0.3) is 0 Å². The van der Waals surface area contributed by atoms with Gasteiger partial charge < -0.3 is 20.3 Å². The fraction of sp³-hybridized carbons (Fsp3) is 0.588. The predicted molar refractivity (Wildman–Crippen MR) is 104 cm³/mol. The van der Waals surface area contributed by atoms with Crippen molar-refractivity contribution in [2.45, 2.75) is 13.8 Å². The smallest absolute Gasteiger partial charge is 0.235 e. The summed E-state index contributed by atoms with van der Waals surface area (Å²) >= 11 is 0. The fourth-order valence-corrected chi connectivity index (χ4v) is 2.78. The van der Waals surface area contributed by atoms with Gasteiger partial charge in [-0.2, -0.15) is 15.0 Å². The van der Waals surface area contributed by atoms with E-state index in [-0.39, 0.29) is 0 Å². The minimum Gasteiger partial charge on any atom is -0.379 e. The summed E-state index contributed by atoms with van der Waals surface area (Å²) < 4.78 is 5.38. The van der Waals surface area contributed by atoms with E-state index < -0.39 is 0 Å². The van der Waals surface area contributed by atoms with Crippen LogP contribution in [-0.4, -0.2) is 82.3 Å². The summed E-state index contributed by atoms with van der Waals surface area (Å²) in [4.78, 5) is 26.1. The quantitative estimate of drug-likeness (QED) is 0.661. The Morgan fingerprint density at radius 3 is 2.59 bits per heavy atom. The van der Waals surface area contributed by atoms with Gasteiger partial charge in [0.25, 0.3) is 0 Å². The molecule has 3 rings (SSSR count). The highest BCUT2D eigenvalue weighted by Crippen LogP contribution is 2.16. The molecule has 0 amide bonds. The molecule has 0 radical (unpaired) electrons. The van der Waals surface area contributed by atoms with Crippen LogP contribution in [0.1, 0.15) is 13.8 Å². The Morgan fingerprint density at radius 1 is 1.11 bits per heavy atom. The van der Waals surface area contributed by atoms with Crippen LogP contribution in [-0.2, 0) is 4.74 Å². The second kappa shape index (κ2) is 9.93. The zero-order valence-electron chi connectivity index (χ0n) is 15.9. The van der Waals surface area contributed by atoms with Crippen molar-refractivity contribution in [1.29, 1.82) is 0 Å². The van der Waals surface area contributed by atoms with Crippen molar-refractivity contribution in [3.63, 3.8) is 0 Å². The second-order valence-electron chi connectivity index (χ2n) is 6.06. The zero-order chi connectivity index (χ0) is 18.9. The standard InChI is InChI=1S/C17H27N9O/c1-3-26(4-2)17-23-15(19-7-8-25-9-11-27-12-10-25)22-16(24-17)21-14-5-6-18-13-20-14/h5-6,13H,3-4,7-12H2,1-2H3,(H2,18,19,20,21,22,23,24). The lowest BCUT2D eigenvalue weighted by Gasteiger charge is -2.26. The number of morpholine rings is 1. The lowest BCUT2D eigenvalue weighted by molar-refractivity contribution is 0.0398. The third-order valence-corrected chi connectivity index (χ3v) is 4.31. The topological polar surface area (TPSA) is 104 Å². The normalized spacial score (nSPS) is 14.7. The summed E-state index contributed by atoms with van der Waals surface area (Å²) in [7, 11) is 0. The molecule has 0 spiro atoms. The van der Waals surface area contributed by atoms with E-state index in [2.05, 4.69) is 59.2 Å². The van der Waals surface area contributed by atoms with E-state index in [0.29, 0.717) is 23.7 Å². The molecule has 2 aromatic heterocycles. The first kappa shape index (κ1) is 19.2. The lowest BCUT2D eigenvalue weighted by atomic mass is 10.4. The molecule has 10 heteroatoms. The highest BCUT2D eigenvalue weighted by molar-refractivity contribution is 5.51. The molecule has 0 saturated carbocycles. The number of hydrogen-bond acceptors (Lipinski definition) is 10. The van der Waals surface area contributed by atoms with Crippen LogP contribution >= 0.6 is 0 Å². The molecule has 0 atom stereocenters. The van der Waals surface area contributed by atoms with Gasteiger partial charge in [-0.15, -0.1) is 0 Å². The Morgan fingerprint density at radius 2 is 1.89 bits per heavy atom.